The Balaban J connectivity index is 1.26. The number of hydrogen-bond donors (Lipinski definition) is 0. The monoisotopic (exact) mass is 554 g/mol. The summed E-state index contributed by atoms with van der Waals surface area (Å²) >= 11 is 1.82. The topological polar surface area (TPSA) is 16.1 Å². The standard InChI is InChI=1S/C39H26N2S/c1-3-7-27(8-4-1)29-13-16-33(17-14-29)41(35-19-20-36-37-26-40-22-21-38(37)42-39(36)25-35)34-18-15-31-23-30(11-12-32(31)24-34)28-9-5-2-6-10-28/h1-26H. The Morgan fingerprint density at radius 3 is 1.81 bits per heavy atom. The summed E-state index contributed by atoms with van der Waals surface area (Å²) in [4.78, 5) is 6.73. The molecular formula is C39H26N2S. The van der Waals surface area contributed by atoms with Crippen LogP contribution in [0.25, 0.3) is 53.2 Å². The molecule has 0 radical (unpaired) electrons. The molecule has 0 bridgehead atoms. The quantitative estimate of drug-likeness (QED) is 0.210. The van der Waals surface area contributed by atoms with Crippen LogP contribution in [0.15, 0.2) is 158 Å². The second-order valence-corrected chi connectivity index (χ2v) is 11.6. The minimum Gasteiger partial charge on any atom is -0.310 e. The third kappa shape index (κ3) is 4.41. The lowest BCUT2D eigenvalue weighted by Crippen LogP contribution is -2.09. The van der Waals surface area contributed by atoms with E-state index in [4.69, 9.17) is 0 Å². The average molecular weight is 555 g/mol. The molecule has 6 aromatic carbocycles. The average Bonchev–Trinajstić information content (AvgIpc) is 3.44. The Hall–Kier alpha value is -5.25. The molecule has 42 heavy (non-hydrogen) atoms. The van der Waals surface area contributed by atoms with Gasteiger partial charge in [-0.2, -0.15) is 0 Å². The number of rotatable bonds is 5. The molecule has 0 aliphatic carbocycles. The molecule has 0 N–H and O–H groups in total. The zero-order chi connectivity index (χ0) is 27.9. The van der Waals surface area contributed by atoms with E-state index in [-0.39, 0.29) is 0 Å². The highest BCUT2D eigenvalue weighted by Crippen LogP contribution is 2.41. The van der Waals surface area contributed by atoms with Crippen LogP contribution in [0.2, 0.25) is 0 Å². The van der Waals surface area contributed by atoms with Gasteiger partial charge in [0.05, 0.1) is 0 Å². The molecule has 198 valence electrons. The van der Waals surface area contributed by atoms with Gasteiger partial charge in [0, 0.05) is 49.6 Å². The lowest BCUT2D eigenvalue weighted by Gasteiger charge is -2.26. The first-order valence-corrected chi connectivity index (χ1v) is 14.9. The van der Waals surface area contributed by atoms with Crippen molar-refractivity contribution in [1.82, 2.24) is 4.98 Å². The maximum atomic E-state index is 4.37. The molecule has 3 heteroatoms. The molecule has 2 heterocycles. The van der Waals surface area contributed by atoms with Crippen molar-refractivity contribution in [3.63, 3.8) is 0 Å². The summed E-state index contributed by atoms with van der Waals surface area (Å²) < 4.78 is 2.52. The molecule has 0 unspecified atom stereocenters. The van der Waals surface area contributed by atoms with E-state index in [1.165, 1.54) is 53.2 Å². The predicted molar refractivity (Wildman–Crippen MR) is 180 cm³/mol. The first-order chi connectivity index (χ1) is 20.8. The van der Waals surface area contributed by atoms with Crippen molar-refractivity contribution in [3.05, 3.63) is 158 Å². The fraction of sp³-hybridized carbons (Fsp3) is 0. The van der Waals surface area contributed by atoms with E-state index in [0.717, 1.165) is 17.1 Å². The first kappa shape index (κ1) is 24.5. The summed E-state index contributed by atoms with van der Waals surface area (Å²) in [5.41, 5.74) is 8.27. The lowest BCUT2D eigenvalue weighted by atomic mass is 10.0. The molecule has 8 aromatic rings. The molecule has 0 aliphatic rings. The maximum Gasteiger partial charge on any atom is 0.0476 e. The van der Waals surface area contributed by atoms with Crippen LogP contribution in [-0.2, 0) is 0 Å². The van der Waals surface area contributed by atoms with E-state index in [9.17, 15) is 0 Å². The van der Waals surface area contributed by atoms with E-state index in [1.54, 1.807) is 0 Å². The highest BCUT2D eigenvalue weighted by atomic mass is 32.1. The summed E-state index contributed by atoms with van der Waals surface area (Å²) in [7, 11) is 0. The van der Waals surface area contributed by atoms with Gasteiger partial charge in [-0.3, -0.25) is 4.98 Å². The summed E-state index contributed by atoms with van der Waals surface area (Å²) in [6.45, 7) is 0. The van der Waals surface area contributed by atoms with Crippen molar-refractivity contribution in [2.75, 3.05) is 4.90 Å². The Labute approximate surface area is 248 Å². The minimum atomic E-state index is 1.12. The Kier molecular flexibility index (Phi) is 6.02. The SMILES string of the molecule is c1ccc(-c2ccc(N(c3ccc4cc(-c5ccccc5)ccc4c3)c3ccc4c(c3)sc3ccncc34)cc2)cc1. The molecule has 2 nitrogen and oxygen atoms in total. The van der Waals surface area contributed by atoms with Gasteiger partial charge >= 0.3 is 0 Å². The van der Waals surface area contributed by atoms with Gasteiger partial charge in [0.25, 0.3) is 0 Å². The molecular weight excluding hydrogens is 529 g/mol. The number of pyridine rings is 1. The number of thiophene rings is 1. The van der Waals surface area contributed by atoms with Crippen LogP contribution in [0.3, 0.4) is 0 Å². The Morgan fingerprint density at radius 1 is 0.429 bits per heavy atom. The third-order valence-corrected chi connectivity index (χ3v) is 9.07. The van der Waals surface area contributed by atoms with Crippen molar-refractivity contribution in [3.8, 4) is 22.3 Å². The number of fused-ring (bicyclic) bond motifs is 4. The molecule has 0 aliphatic heterocycles. The summed E-state index contributed by atoms with van der Waals surface area (Å²) in [5, 5.41) is 4.90. The van der Waals surface area contributed by atoms with Gasteiger partial charge in [-0.1, -0.05) is 97.1 Å². The molecule has 2 aromatic heterocycles. The molecule has 0 saturated heterocycles. The van der Waals surface area contributed by atoms with Crippen molar-refractivity contribution in [2.24, 2.45) is 0 Å². The predicted octanol–water partition coefficient (Wildman–Crippen LogP) is 11.4. The van der Waals surface area contributed by atoms with Crippen LogP contribution in [0.5, 0.6) is 0 Å². The number of anilines is 3. The maximum absolute atomic E-state index is 4.37. The van der Waals surface area contributed by atoms with Crippen LogP contribution < -0.4 is 4.90 Å². The van der Waals surface area contributed by atoms with Crippen molar-refractivity contribution < 1.29 is 0 Å². The smallest absolute Gasteiger partial charge is 0.0476 e. The summed E-state index contributed by atoms with van der Waals surface area (Å²) in [6, 6.07) is 52.4. The largest absolute Gasteiger partial charge is 0.310 e. The Morgan fingerprint density at radius 2 is 1.02 bits per heavy atom. The van der Waals surface area contributed by atoms with Crippen LogP contribution >= 0.6 is 11.3 Å². The van der Waals surface area contributed by atoms with Crippen molar-refractivity contribution in [1.29, 1.82) is 0 Å². The highest BCUT2D eigenvalue weighted by Gasteiger charge is 2.16. The highest BCUT2D eigenvalue weighted by molar-refractivity contribution is 7.25. The number of aromatic nitrogens is 1. The number of nitrogens with zero attached hydrogens (tertiary/aromatic N) is 2. The van der Waals surface area contributed by atoms with Gasteiger partial charge in [-0.15, -0.1) is 11.3 Å². The van der Waals surface area contributed by atoms with Gasteiger partial charge < -0.3 is 4.90 Å². The molecule has 0 saturated carbocycles. The number of hydrogen-bond acceptors (Lipinski definition) is 3. The molecule has 0 atom stereocenters. The van der Waals surface area contributed by atoms with Crippen molar-refractivity contribution in [2.45, 2.75) is 0 Å². The van der Waals surface area contributed by atoms with Gasteiger partial charge in [-0.25, -0.2) is 0 Å². The van der Waals surface area contributed by atoms with Crippen LogP contribution in [0.1, 0.15) is 0 Å². The second-order valence-electron chi connectivity index (χ2n) is 10.5. The molecule has 0 amide bonds. The van der Waals surface area contributed by atoms with Gasteiger partial charge in [0.1, 0.15) is 0 Å². The fourth-order valence-corrected chi connectivity index (χ4v) is 6.92. The lowest BCUT2D eigenvalue weighted by molar-refractivity contribution is 1.30. The second kappa shape index (κ2) is 10.3. The van der Waals surface area contributed by atoms with Gasteiger partial charge in [0.15, 0.2) is 0 Å². The fourth-order valence-electron chi connectivity index (χ4n) is 5.81. The Bertz CT molecular complexity index is 2180. The van der Waals surface area contributed by atoms with Gasteiger partial charge in [0.2, 0.25) is 0 Å². The third-order valence-electron chi connectivity index (χ3n) is 7.94. The molecule has 8 rings (SSSR count). The van der Waals surface area contributed by atoms with Crippen molar-refractivity contribution >= 4 is 59.3 Å². The van der Waals surface area contributed by atoms with E-state index in [1.807, 2.05) is 23.7 Å². The normalized spacial score (nSPS) is 11.3. The van der Waals surface area contributed by atoms with Crippen LogP contribution in [-0.4, -0.2) is 4.98 Å². The van der Waals surface area contributed by atoms with E-state index < -0.39 is 0 Å². The minimum absolute atomic E-state index is 1.12. The van der Waals surface area contributed by atoms with Crippen LogP contribution in [0.4, 0.5) is 17.1 Å². The summed E-state index contributed by atoms with van der Waals surface area (Å²) in [5.74, 6) is 0. The summed E-state index contributed by atoms with van der Waals surface area (Å²) in [6.07, 6.45) is 3.85. The van der Waals surface area contributed by atoms with E-state index >= 15 is 0 Å². The zero-order valence-electron chi connectivity index (χ0n) is 22.8. The van der Waals surface area contributed by atoms with E-state index in [0.29, 0.717) is 0 Å². The zero-order valence-corrected chi connectivity index (χ0v) is 23.6. The molecule has 0 spiro atoms. The van der Waals surface area contributed by atoms with E-state index in [2.05, 4.69) is 155 Å². The van der Waals surface area contributed by atoms with Crippen LogP contribution in [0, 0.1) is 0 Å². The number of benzene rings is 6. The van der Waals surface area contributed by atoms with Gasteiger partial charge in [-0.05, 0) is 81.6 Å². The first-order valence-electron chi connectivity index (χ1n) is 14.1. The molecule has 0 fully saturated rings.